The van der Waals surface area contributed by atoms with Gasteiger partial charge in [-0.2, -0.15) is 0 Å². The molecule has 8 aromatic carbocycles. The summed E-state index contributed by atoms with van der Waals surface area (Å²) >= 11 is 0. The fourth-order valence-corrected chi connectivity index (χ4v) is 9.51. The fraction of sp³-hybridized carbons (Fsp3) is 0.0189. The van der Waals surface area contributed by atoms with Crippen LogP contribution in [-0.2, 0) is 5.41 Å². The third-order valence-corrected chi connectivity index (χ3v) is 11.9. The number of nitrogens with zero attached hydrogens (tertiary/aromatic N) is 2. The molecule has 1 spiro atoms. The third kappa shape index (κ3) is 4.34. The Hall–Kier alpha value is -7.36. The normalized spacial score (nSPS) is 13.1. The van der Waals surface area contributed by atoms with Gasteiger partial charge in [0.2, 0.25) is 0 Å². The van der Waals surface area contributed by atoms with E-state index in [1.54, 1.807) is 0 Å². The summed E-state index contributed by atoms with van der Waals surface area (Å²) in [6.07, 6.45) is 0. The van der Waals surface area contributed by atoms with Gasteiger partial charge < -0.3 is 4.42 Å². The Balaban J connectivity index is 1.03. The van der Waals surface area contributed by atoms with Crippen molar-refractivity contribution in [1.82, 2.24) is 9.97 Å². The van der Waals surface area contributed by atoms with Crippen molar-refractivity contribution in [3.05, 3.63) is 216 Å². The molecule has 2 heterocycles. The van der Waals surface area contributed by atoms with E-state index in [9.17, 15) is 0 Å². The summed E-state index contributed by atoms with van der Waals surface area (Å²) in [6, 6.07) is 69.4. The Labute approximate surface area is 324 Å². The summed E-state index contributed by atoms with van der Waals surface area (Å²) < 4.78 is 6.39. The lowest BCUT2D eigenvalue weighted by molar-refractivity contribution is 0.670. The number of hydrogen-bond donors (Lipinski definition) is 0. The van der Waals surface area contributed by atoms with Crippen LogP contribution in [-0.4, -0.2) is 9.97 Å². The second-order valence-corrected chi connectivity index (χ2v) is 14.8. The van der Waals surface area contributed by atoms with Crippen LogP contribution in [0.4, 0.5) is 0 Å². The third-order valence-electron chi connectivity index (χ3n) is 11.9. The highest BCUT2D eigenvalue weighted by Crippen LogP contribution is 2.63. The summed E-state index contributed by atoms with van der Waals surface area (Å²) in [7, 11) is 0. The van der Waals surface area contributed by atoms with E-state index in [2.05, 4.69) is 176 Å². The maximum absolute atomic E-state index is 6.39. The predicted molar refractivity (Wildman–Crippen MR) is 227 cm³/mol. The Morgan fingerprint density at radius 3 is 1.52 bits per heavy atom. The minimum atomic E-state index is -0.437. The van der Waals surface area contributed by atoms with Crippen molar-refractivity contribution < 1.29 is 4.42 Å². The molecule has 2 aromatic heterocycles. The Morgan fingerprint density at radius 2 is 0.839 bits per heavy atom. The van der Waals surface area contributed by atoms with Crippen LogP contribution in [0.25, 0.3) is 89.2 Å². The van der Waals surface area contributed by atoms with Gasteiger partial charge in [-0.3, -0.25) is 0 Å². The molecule has 0 aliphatic heterocycles. The molecule has 2 aliphatic carbocycles. The van der Waals surface area contributed by atoms with E-state index in [0.29, 0.717) is 5.82 Å². The first-order chi connectivity index (χ1) is 27.8. The van der Waals surface area contributed by atoms with Crippen LogP contribution in [0.1, 0.15) is 22.3 Å². The number of furan rings is 1. The summed E-state index contributed by atoms with van der Waals surface area (Å²) in [4.78, 5) is 10.6. The van der Waals surface area contributed by atoms with Gasteiger partial charge in [-0.05, 0) is 68.3 Å². The zero-order valence-electron chi connectivity index (χ0n) is 30.3. The molecule has 260 valence electrons. The number of aromatic nitrogens is 2. The van der Waals surface area contributed by atoms with Crippen LogP contribution in [0, 0.1) is 0 Å². The topological polar surface area (TPSA) is 38.9 Å². The van der Waals surface area contributed by atoms with Crippen molar-refractivity contribution in [2.75, 3.05) is 0 Å². The molecule has 0 amide bonds. The van der Waals surface area contributed by atoms with Gasteiger partial charge in [0.25, 0.3) is 0 Å². The zero-order chi connectivity index (χ0) is 36.8. The second kappa shape index (κ2) is 11.8. The maximum atomic E-state index is 6.39. The van der Waals surface area contributed by atoms with E-state index in [4.69, 9.17) is 14.4 Å². The van der Waals surface area contributed by atoms with Gasteiger partial charge in [-0.1, -0.05) is 176 Å². The monoisotopic (exact) mass is 712 g/mol. The lowest BCUT2D eigenvalue weighted by Gasteiger charge is -2.30. The van der Waals surface area contributed by atoms with E-state index < -0.39 is 5.41 Å². The van der Waals surface area contributed by atoms with E-state index in [1.165, 1.54) is 44.5 Å². The van der Waals surface area contributed by atoms with Gasteiger partial charge in [0.15, 0.2) is 5.82 Å². The van der Waals surface area contributed by atoms with Crippen LogP contribution < -0.4 is 0 Å². The zero-order valence-corrected chi connectivity index (χ0v) is 30.3. The maximum Gasteiger partial charge on any atom is 0.160 e. The molecule has 0 saturated heterocycles. The standard InChI is InChI=1S/C53H32N2O/c1-2-13-34(14-3-1)48-32-49(35-27-25-33(26-28-35)37-19-12-20-43-42-18-7-11-24-50(42)56-51(37)43)55-52(54-48)36-29-30-41-40-17-6-10-23-46(40)53(47(41)31-36)44-21-8-4-15-38(44)39-16-5-9-22-45(39)53/h1-32H. The molecule has 2 aliphatic rings. The number of hydrogen-bond acceptors (Lipinski definition) is 3. The summed E-state index contributed by atoms with van der Waals surface area (Å²) in [5.74, 6) is 0.700. The fourth-order valence-electron chi connectivity index (χ4n) is 9.51. The van der Waals surface area contributed by atoms with Gasteiger partial charge in [-0.25, -0.2) is 9.97 Å². The molecule has 0 atom stereocenters. The van der Waals surface area contributed by atoms with Crippen LogP contribution in [0.2, 0.25) is 0 Å². The molecule has 0 unspecified atom stereocenters. The van der Waals surface area contributed by atoms with Crippen molar-refractivity contribution in [1.29, 1.82) is 0 Å². The Bertz CT molecular complexity index is 3130. The van der Waals surface area contributed by atoms with Crippen LogP contribution in [0.5, 0.6) is 0 Å². The molecule has 0 radical (unpaired) electrons. The lowest BCUT2D eigenvalue weighted by Crippen LogP contribution is -2.25. The highest BCUT2D eigenvalue weighted by atomic mass is 16.3. The van der Waals surface area contributed by atoms with Crippen LogP contribution >= 0.6 is 0 Å². The highest BCUT2D eigenvalue weighted by Gasteiger charge is 2.51. The largest absolute Gasteiger partial charge is 0.455 e. The highest BCUT2D eigenvalue weighted by molar-refractivity contribution is 6.09. The van der Waals surface area contributed by atoms with Crippen molar-refractivity contribution in [2.45, 2.75) is 5.41 Å². The minimum Gasteiger partial charge on any atom is -0.455 e. The first-order valence-electron chi connectivity index (χ1n) is 19.2. The second-order valence-electron chi connectivity index (χ2n) is 14.8. The Morgan fingerprint density at radius 1 is 0.339 bits per heavy atom. The van der Waals surface area contributed by atoms with Crippen molar-refractivity contribution in [2.24, 2.45) is 0 Å². The van der Waals surface area contributed by atoms with Crippen LogP contribution in [0.15, 0.2) is 199 Å². The number of para-hydroxylation sites is 2. The smallest absolute Gasteiger partial charge is 0.160 e. The molecule has 0 N–H and O–H groups in total. The van der Waals surface area contributed by atoms with Gasteiger partial charge >= 0.3 is 0 Å². The van der Waals surface area contributed by atoms with Gasteiger partial charge in [-0.15, -0.1) is 0 Å². The molecule has 56 heavy (non-hydrogen) atoms. The Kier molecular flexibility index (Phi) is 6.55. The number of benzene rings is 8. The van der Waals surface area contributed by atoms with Gasteiger partial charge in [0, 0.05) is 33.0 Å². The lowest BCUT2D eigenvalue weighted by atomic mass is 9.70. The molecular formula is C53H32N2O. The first-order valence-corrected chi connectivity index (χ1v) is 19.2. The molecule has 0 fully saturated rings. The molecule has 0 bridgehead atoms. The van der Waals surface area contributed by atoms with Crippen LogP contribution in [0.3, 0.4) is 0 Å². The average molecular weight is 713 g/mol. The average Bonchev–Trinajstić information content (AvgIpc) is 3.91. The number of fused-ring (bicyclic) bond motifs is 13. The predicted octanol–water partition coefficient (Wildman–Crippen LogP) is 13.4. The molecule has 0 saturated carbocycles. The molecule has 10 aromatic rings. The summed E-state index contributed by atoms with van der Waals surface area (Å²) in [5, 5.41) is 2.25. The quantitative estimate of drug-likeness (QED) is 0.182. The summed E-state index contributed by atoms with van der Waals surface area (Å²) in [6.45, 7) is 0. The molecular weight excluding hydrogens is 681 g/mol. The molecule has 12 rings (SSSR count). The molecule has 3 nitrogen and oxygen atoms in total. The van der Waals surface area contributed by atoms with Gasteiger partial charge in [0.1, 0.15) is 11.2 Å². The van der Waals surface area contributed by atoms with E-state index >= 15 is 0 Å². The SMILES string of the molecule is c1ccc(-c2cc(-c3ccc(-c4cccc5c4oc4ccccc45)cc3)nc(-c3ccc4c(c3)C3(c5ccccc5-c5ccccc53)c3ccccc3-4)n2)cc1. The first kappa shape index (κ1) is 31.0. The van der Waals surface area contributed by atoms with Crippen molar-refractivity contribution in [3.8, 4) is 67.3 Å². The minimum absolute atomic E-state index is 0.437. The number of rotatable bonds is 4. The van der Waals surface area contributed by atoms with Crippen molar-refractivity contribution in [3.63, 3.8) is 0 Å². The van der Waals surface area contributed by atoms with E-state index in [-0.39, 0.29) is 0 Å². The van der Waals surface area contributed by atoms with Crippen molar-refractivity contribution >= 4 is 21.9 Å². The summed E-state index contributed by atoms with van der Waals surface area (Å²) in [5.41, 5.74) is 18.7. The van der Waals surface area contributed by atoms with E-state index in [1.807, 2.05) is 18.2 Å². The van der Waals surface area contributed by atoms with E-state index in [0.717, 1.165) is 61.1 Å². The molecule has 3 heteroatoms. The van der Waals surface area contributed by atoms with Gasteiger partial charge in [0.05, 0.1) is 16.8 Å².